The van der Waals surface area contributed by atoms with Crippen molar-refractivity contribution in [2.45, 2.75) is 13.5 Å². The van der Waals surface area contributed by atoms with E-state index >= 15 is 0 Å². The van der Waals surface area contributed by atoms with Gasteiger partial charge >= 0.3 is 0 Å². The number of benzene rings is 1. The molecule has 18 heavy (non-hydrogen) atoms. The summed E-state index contributed by atoms with van der Waals surface area (Å²) < 4.78 is 5.56. The maximum atomic E-state index is 9.06. The van der Waals surface area contributed by atoms with Gasteiger partial charge in [-0.2, -0.15) is 0 Å². The van der Waals surface area contributed by atoms with Crippen LogP contribution in [0.2, 0.25) is 10.0 Å². The van der Waals surface area contributed by atoms with Crippen LogP contribution in [0.5, 0.6) is 11.6 Å². The van der Waals surface area contributed by atoms with Gasteiger partial charge in [0.2, 0.25) is 5.88 Å². The van der Waals surface area contributed by atoms with Gasteiger partial charge in [-0.3, -0.25) is 0 Å². The summed E-state index contributed by atoms with van der Waals surface area (Å²) in [5, 5.41) is 10.0. The zero-order chi connectivity index (χ0) is 13.1. The van der Waals surface area contributed by atoms with Crippen LogP contribution in [0.4, 0.5) is 0 Å². The summed E-state index contributed by atoms with van der Waals surface area (Å²) in [6.07, 6.45) is 0. The first-order chi connectivity index (χ1) is 8.60. The number of halogens is 2. The van der Waals surface area contributed by atoms with E-state index in [1.54, 1.807) is 30.3 Å². The SMILES string of the molecule is Cc1nc(Oc2ccc(Cl)cc2Cl)ccc1CO. The lowest BCUT2D eigenvalue weighted by Crippen LogP contribution is -1.95. The highest BCUT2D eigenvalue weighted by Crippen LogP contribution is 2.31. The molecule has 0 amide bonds. The molecule has 1 N–H and O–H groups in total. The molecule has 0 aliphatic heterocycles. The second-order valence-corrected chi connectivity index (χ2v) is 4.57. The Morgan fingerprint density at radius 3 is 2.61 bits per heavy atom. The number of aliphatic hydroxyl groups excluding tert-OH is 1. The van der Waals surface area contributed by atoms with Gasteiger partial charge in [-0.05, 0) is 36.8 Å². The van der Waals surface area contributed by atoms with E-state index in [1.165, 1.54) is 0 Å². The Hall–Kier alpha value is -1.29. The first-order valence-corrected chi connectivity index (χ1v) is 6.06. The number of ether oxygens (including phenoxy) is 1. The van der Waals surface area contributed by atoms with E-state index < -0.39 is 0 Å². The van der Waals surface area contributed by atoms with E-state index in [2.05, 4.69) is 4.98 Å². The molecular weight excluding hydrogens is 273 g/mol. The Balaban J connectivity index is 2.26. The largest absolute Gasteiger partial charge is 0.437 e. The maximum Gasteiger partial charge on any atom is 0.219 e. The number of nitrogens with zero attached hydrogens (tertiary/aromatic N) is 1. The summed E-state index contributed by atoms with van der Waals surface area (Å²) in [5.41, 5.74) is 1.49. The van der Waals surface area contributed by atoms with Crippen molar-refractivity contribution in [1.82, 2.24) is 4.98 Å². The van der Waals surface area contributed by atoms with Gasteiger partial charge in [-0.15, -0.1) is 0 Å². The molecule has 0 fully saturated rings. The molecule has 3 nitrogen and oxygen atoms in total. The molecule has 0 radical (unpaired) electrons. The van der Waals surface area contributed by atoms with Crippen molar-refractivity contribution in [2.24, 2.45) is 0 Å². The van der Waals surface area contributed by atoms with Gasteiger partial charge < -0.3 is 9.84 Å². The molecule has 1 aromatic heterocycles. The lowest BCUT2D eigenvalue weighted by Gasteiger charge is -2.09. The Bertz CT molecular complexity index is 573. The monoisotopic (exact) mass is 283 g/mol. The number of hydrogen-bond donors (Lipinski definition) is 1. The fraction of sp³-hybridized carbons (Fsp3) is 0.154. The molecule has 0 spiro atoms. The van der Waals surface area contributed by atoms with Gasteiger partial charge in [0.25, 0.3) is 0 Å². The molecule has 0 aliphatic carbocycles. The van der Waals surface area contributed by atoms with Crippen LogP contribution in [-0.2, 0) is 6.61 Å². The van der Waals surface area contributed by atoms with Crippen LogP contribution >= 0.6 is 23.2 Å². The first kappa shape index (κ1) is 13.1. The highest BCUT2D eigenvalue weighted by atomic mass is 35.5. The first-order valence-electron chi connectivity index (χ1n) is 5.30. The minimum Gasteiger partial charge on any atom is -0.437 e. The summed E-state index contributed by atoms with van der Waals surface area (Å²) in [6, 6.07) is 8.43. The third kappa shape index (κ3) is 2.93. The van der Waals surface area contributed by atoms with Crippen LogP contribution in [0.15, 0.2) is 30.3 Å². The molecule has 0 aliphatic rings. The van der Waals surface area contributed by atoms with E-state index in [9.17, 15) is 0 Å². The molecule has 2 aromatic rings. The topological polar surface area (TPSA) is 42.4 Å². The van der Waals surface area contributed by atoms with Crippen LogP contribution in [-0.4, -0.2) is 10.1 Å². The van der Waals surface area contributed by atoms with Crippen molar-refractivity contribution in [1.29, 1.82) is 0 Å². The molecule has 0 saturated heterocycles. The second kappa shape index (κ2) is 5.57. The molecule has 1 heterocycles. The van der Waals surface area contributed by atoms with E-state index in [0.29, 0.717) is 21.7 Å². The number of aryl methyl sites for hydroxylation is 1. The minimum absolute atomic E-state index is 0.0409. The van der Waals surface area contributed by atoms with Gasteiger partial charge in [-0.25, -0.2) is 4.98 Å². The summed E-state index contributed by atoms with van der Waals surface area (Å²) in [6.45, 7) is 1.77. The summed E-state index contributed by atoms with van der Waals surface area (Å²) in [5.74, 6) is 0.915. The fourth-order valence-electron chi connectivity index (χ4n) is 1.46. The molecule has 0 atom stereocenters. The number of pyridine rings is 1. The molecule has 0 saturated carbocycles. The van der Waals surface area contributed by atoms with Crippen LogP contribution in [0.3, 0.4) is 0 Å². The van der Waals surface area contributed by atoms with E-state index in [4.69, 9.17) is 33.0 Å². The van der Waals surface area contributed by atoms with Crippen molar-refractivity contribution < 1.29 is 9.84 Å². The van der Waals surface area contributed by atoms with E-state index in [0.717, 1.165) is 11.3 Å². The van der Waals surface area contributed by atoms with Crippen molar-refractivity contribution in [3.63, 3.8) is 0 Å². The van der Waals surface area contributed by atoms with Crippen LogP contribution < -0.4 is 4.74 Å². The average molecular weight is 284 g/mol. The highest BCUT2D eigenvalue weighted by molar-refractivity contribution is 6.35. The van der Waals surface area contributed by atoms with E-state index in [-0.39, 0.29) is 6.61 Å². The van der Waals surface area contributed by atoms with Crippen LogP contribution in [0, 0.1) is 6.92 Å². The Kier molecular flexibility index (Phi) is 4.07. The second-order valence-electron chi connectivity index (χ2n) is 3.73. The molecule has 0 unspecified atom stereocenters. The molecule has 5 heteroatoms. The number of aliphatic hydroxyl groups is 1. The predicted octanol–water partition coefficient (Wildman–Crippen LogP) is 3.98. The Labute approximate surface area is 115 Å². The minimum atomic E-state index is -0.0409. The zero-order valence-corrected chi connectivity index (χ0v) is 11.2. The number of aromatic nitrogens is 1. The third-order valence-electron chi connectivity index (χ3n) is 2.45. The van der Waals surface area contributed by atoms with Gasteiger partial charge in [0.1, 0.15) is 5.75 Å². The molecule has 1 aromatic carbocycles. The van der Waals surface area contributed by atoms with Crippen molar-refractivity contribution in [3.8, 4) is 11.6 Å². The lowest BCUT2D eigenvalue weighted by atomic mass is 10.2. The predicted molar refractivity (Wildman–Crippen MR) is 71.4 cm³/mol. The Morgan fingerprint density at radius 1 is 1.22 bits per heavy atom. The third-order valence-corrected chi connectivity index (χ3v) is 2.98. The standard InChI is InChI=1S/C13H11Cl2NO2/c1-8-9(7-17)2-5-13(16-8)18-12-4-3-10(14)6-11(12)15/h2-6,17H,7H2,1H3. The van der Waals surface area contributed by atoms with Gasteiger partial charge in [-0.1, -0.05) is 23.2 Å². The molecule has 94 valence electrons. The fourth-order valence-corrected chi connectivity index (χ4v) is 1.91. The van der Waals surface area contributed by atoms with Gasteiger partial charge in [0.05, 0.1) is 11.6 Å². The van der Waals surface area contributed by atoms with Crippen LogP contribution in [0.1, 0.15) is 11.3 Å². The quantitative estimate of drug-likeness (QED) is 0.926. The smallest absolute Gasteiger partial charge is 0.219 e. The molecule has 2 rings (SSSR count). The highest BCUT2D eigenvalue weighted by Gasteiger charge is 2.06. The van der Waals surface area contributed by atoms with Crippen LogP contribution in [0.25, 0.3) is 0 Å². The molecular formula is C13H11Cl2NO2. The Morgan fingerprint density at radius 2 is 2.00 bits per heavy atom. The normalized spacial score (nSPS) is 10.4. The number of rotatable bonds is 3. The molecule has 0 bridgehead atoms. The summed E-state index contributed by atoms with van der Waals surface area (Å²) >= 11 is 11.8. The van der Waals surface area contributed by atoms with Gasteiger partial charge in [0.15, 0.2) is 0 Å². The average Bonchev–Trinajstić information content (AvgIpc) is 2.33. The van der Waals surface area contributed by atoms with Crippen molar-refractivity contribution >= 4 is 23.2 Å². The van der Waals surface area contributed by atoms with Crippen molar-refractivity contribution in [3.05, 3.63) is 51.6 Å². The zero-order valence-electron chi connectivity index (χ0n) is 9.65. The lowest BCUT2D eigenvalue weighted by molar-refractivity contribution is 0.280. The van der Waals surface area contributed by atoms with Crippen molar-refractivity contribution in [2.75, 3.05) is 0 Å². The number of hydrogen-bond acceptors (Lipinski definition) is 3. The van der Waals surface area contributed by atoms with Gasteiger partial charge in [0, 0.05) is 16.8 Å². The van der Waals surface area contributed by atoms with E-state index in [1.807, 2.05) is 6.92 Å². The maximum absolute atomic E-state index is 9.06. The summed E-state index contributed by atoms with van der Waals surface area (Å²) in [7, 11) is 0. The summed E-state index contributed by atoms with van der Waals surface area (Å²) in [4.78, 5) is 4.23.